The Balaban J connectivity index is 3.02. The Bertz CT molecular complexity index is 203. The van der Waals surface area contributed by atoms with Gasteiger partial charge < -0.3 is 0 Å². The summed E-state index contributed by atoms with van der Waals surface area (Å²) in [5.74, 6) is 0. The molecular weight excluding hydrogens is 182 g/mol. The second-order valence-corrected chi connectivity index (χ2v) is 6.74. The molecule has 1 saturated heterocycles. The fourth-order valence-corrected chi connectivity index (χ4v) is 3.70. The van der Waals surface area contributed by atoms with E-state index in [-0.39, 0.29) is 0 Å². The van der Waals surface area contributed by atoms with Gasteiger partial charge in [0.2, 0.25) is 0 Å². The van der Waals surface area contributed by atoms with Gasteiger partial charge in [0.25, 0.3) is 0 Å². The summed E-state index contributed by atoms with van der Waals surface area (Å²) in [6.07, 6.45) is 5.33. The molecule has 1 heteroatoms. The zero-order valence-electron chi connectivity index (χ0n) is 11.8. The number of hydrogen-bond acceptors (Lipinski definition) is 1. The van der Waals surface area contributed by atoms with Gasteiger partial charge >= 0.3 is 0 Å². The SMILES string of the molecule is CCC1(CC)CC(C)(C)N(C)C(C)(C)C1. The van der Waals surface area contributed by atoms with Crippen LogP contribution in [0.5, 0.6) is 0 Å². The zero-order chi connectivity index (χ0) is 11.9. The molecule has 15 heavy (non-hydrogen) atoms. The Morgan fingerprint density at radius 1 is 0.867 bits per heavy atom. The zero-order valence-corrected chi connectivity index (χ0v) is 11.8. The van der Waals surface area contributed by atoms with Crippen molar-refractivity contribution in [3.63, 3.8) is 0 Å². The van der Waals surface area contributed by atoms with Gasteiger partial charge in [-0.2, -0.15) is 0 Å². The molecule has 1 aliphatic heterocycles. The Morgan fingerprint density at radius 3 is 1.47 bits per heavy atom. The van der Waals surface area contributed by atoms with Crippen molar-refractivity contribution in [2.75, 3.05) is 7.05 Å². The first-order valence-electron chi connectivity index (χ1n) is 6.43. The van der Waals surface area contributed by atoms with E-state index in [4.69, 9.17) is 0 Å². The van der Waals surface area contributed by atoms with Crippen molar-refractivity contribution < 1.29 is 0 Å². The highest BCUT2D eigenvalue weighted by Gasteiger charge is 2.48. The van der Waals surface area contributed by atoms with Crippen LogP contribution in [0.25, 0.3) is 0 Å². The molecular formula is C14H29N. The number of rotatable bonds is 2. The quantitative estimate of drug-likeness (QED) is 0.665. The lowest BCUT2D eigenvalue weighted by Gasteiger charge is -2.58. The minimum absolute atomic E-state index is 0.341. The maximum Gasteiger partial charge on any atom is 0.0160 e. The fourth-order valence-electron chi connectivity index (χ4n) is 3.70. The van der Waals surface area contributed by atoms with E-state index < -0.39 is 0 Å². The highest BCUT2D eigenvalue weighted by Crippen LogP contribution is 2.50. The lowest BCUT2D eigenvalue weighted by Crippen LogP contribution is -2.61. The molecule has 0 unspecified atom stereocenters. The molecule has 1 nitrogen and oxygen atoms in total. The third-order valence-electron chi connectivity index (χ3n) is 4.93. The van der Waals surface area contributed by atoms with Gasteiger partial charge in [0.1, 0.15) is 0 Å². The number of hydrogen-bond donors (Lipinski definition) is 0. The van der Waals surface area contributed by atoms with Crippen molar-refractivity contribution in [3.8, 4) is 0 Å². The Kier molecular flexibility index (Phi) is 3.27. The van der Waals surface area contributed by atoms with E-state index in [0.717, 1.165) is 0 Å². The van der Waals surface area contributed by atoms with Crippen molar-refractivity contribution in [3.05, 3.63) is 0 Å². The van der Waals surface area contributed by atoms with Crippen molar-refractivity contribution in [2.24, 2.45) is 5.41 Å². The molecule has 0 aliphatic carbocycles. The van der Waals surface area contributed by atoms with Crippen LogP contribution in [0.2, 0.25) is 0 Å². The van der Waals surface area contributed by atoms with E-state index >= 15 is 0 Å². The predicted octanol–water partition coefficient (Wildman–Crippen LogP) is 4.08. The Labute approximate surface area is 96.2 Å². The summed E-state index contributed by atoms with van der Waals surface area (Å²) in [5, 5.41) is 0. The summed E-state index contributed by atoms with van der Waals surface area (Å²) in [5.41, 5.74) is 1.25. The van der Waals surface area contributed by atoms with Crippen molar-refractivity contribution in [1.29, 1.82) is 0 Å². The summed E-state index contributed by atoms with van der Waals surface area (Å²) >= 11 is 0. The molecule has 0 radical (unpaired) electrons. The molecule has 1 fully saturated rings. The van der Waals surface area contributed by atoms with Gasteiger partial charge in [0.05, 0.1) is 0 Å². The Hall–Kier alpha value is -0.0400. The van der Waals surface area contributed by atoms with Gasteiger partial charge in [-0.25, -0.2) is 0 Å². The summed E-state index contributed by atoms with van der Waals surface area (Å²) in [6.45, 7) is 14.3. The Morgan fingerprint density at radius 2 is 1.20 bits per heavy atom. The van der Waals surface area contributed by atoms with Crippen LogP contribution in [0, 0.1) is 5.41 Å². The second kappa shape index (κ2) is 3.76. The van der Waals surface area contributed by atoms with Crippen molar-refractivity contribution >= 4 is 0 Å². The van der Waals surface area contributed by atoms with Gasteiger partial charge in [-0.15, -0.1) is 0 Å². The smallest absolute Gasteiger partial charge is 0.0160 e. The van der Waals surface area contributed by atoms with Gasteiger partial charge in [0.15, 0.2) is 0 Å². The summed E-state index contributed by atoms with van der Waals surface area (Å²) in [4.78, 5) is 2.57. The van der Waals surface area contributed by atoms with Gasteiger partial charge in [-0.1, -0.05) is 26.7 Å². The van der Waals surface area contributed by atoms with Crippen LogP contribution in [0.4, 0.5) is 0 Å². The number of likely N-dealkylation sites (tertiary alicyclic amines) is 1. The second-order valence-electron chi connectivity index (χ2n) is 6.74. The fraction of sp³-hybridized carbons (Fsp3) is 1.00. The largest absolute Gasteiger partial charge is 0.296 e. The molecule has 0 atom stereocenters. The molecule has 0 bridgehead atoms. The van der Waals surface area contributed by atoms with E-state index in [0.29, 0.717) is 16.5 Å². The first-order valence-corrected chi connectivity index (χ1v) is 6.43. The molecule has 1 aliphatic rings. The number of nitrogens with zero attached hydrogens (tertiary/aromatic N) is 1. The maximum atomic E-state index is 2.57. The lowest BCUT2D eigenvalue weighted by atomic mass is 9.62. The highest BCUT2D eigenvalue weighted by molar-refractivity contribution is 5.03. The maximum absolute atomic E-state index is 2.57. The van der Waals surface area contributed by atoms with E-state index in [1.165, 1.54) is 25.7 Å². The molecule has 1 rings (SSSR count). The van der Waals surface area contributed by atoms with Crippen LogP contribution in [-0.4, -0.2) is 23.0 Å². The normalized spacial score (nSPS) is 29.0. The molecule has 0 amide bonds. The first kappa shape index (κ1) is 13.0. The molecule has 1 heterocycles. The van der Waals surface area contributed by atoms with Crippen molar-refractivity contribution in [1.82, 2.24) is 4.90 Å². The minimum atomic E-state index is 0.341. The molecule has 90 valence electrons. The number of piperidine rings is 1. The van der Waals surface area contributed by atoms with Gasteiger partial charge in [0, 0.05) is 11.1 Å². The molecule has 0 aromatic carbocycles. The molecule has 0 aromatic heterocycles. The van der Waals surface area contributed by atoms with Crippen LogP contribution in [0.3, 0.4) is 0 Å². The highest BCUT2D eigenvalue weighted by atomic mass is 15.2. The van der Waals surface area contributed by atoms with Crippen LogP contribution in [-0.2, 0) is 0 Å². The third-order valence-corrected chi connectivity index (χ3v) is 4.93. The molecule has 0 aromatic rings. The van der Waals surface area contributed by atoms with E-state index in [1.54, 1.807) is 0 Å². The van der Waals surface area contributed by atoms with Crippen LogP contribution in [0.1, 0.15) is 67.2 Å². The van der Waals surface area contributed by atoms with Crippen LogP contribution < -0.4 is 0 Å². The van der Waals surface area contributed by atoms with E-state index in [1.807, 2.05) is 0 Å². The van der Waals surface area contributed by atoms with Gasteiger partial charge in [-0.05, 0) is 53.0 Å². The minimum Gasteiger partial charge on any atom is -0.296 e. The predicted molar refractivity (Wildman–Crippen MR) is 68.2 cm³/mol. The third kappa shape index (κ3) is 2.22. The van der Waals surface area contributed by atoms with Gasteiger partial charge in [-0.3, -0.25) is 4.90 Å². The lowest BCUT2D eigenvalue weighted by molar-refractivity contribution is -0.0752. The topological polar surface area (TPSA) is 3.24 Å². The summed E-state index contributed by atoms with van der Waals surface area (Å²) in [7, 11) is 2.29. The average Bonchev–Trinajstić information content (AvgIpc) is 2.13. The molecule has 0 saturated carbocycles. The van der Waals surface area contributed by atoms with E-state index in [9.17, 15) is 0 Å². The van der Waals surface area contributed by atoms with Crippen LogP contribution >= 0.6 is 0 Å². The van der Waals surface area contributed by atoms with Crippen LogP contribution in [0.15, 0.2) is 0 Å². The first-order chi connectivity index (χ1) is 6.69. The monoisotopic (exact) mass is 211 g/mol. The molecule has 0 N–H and O–H groups in total. The summed E-state index contributed by atoms with van der Waals surface area (Å²) < 4.78 is 0. The standard InChI is InChI=1S/C14H29N/c1-8-14(9-2)10-12(3,4)15(7)13(5,6)11-14/h8-11H2,1-7H3. The molecule has 0 spiro atoms. The average molecular weight is 211 g/mol. The van der Waals surface area contributed by atoms with Crippen molar-refractivity contribution in [2.45, 2.75) is 78.3 Å². The van der Waals surface area contributed by atoms with E-state index in [2.05, 4.69) is 53.5 Å². The summed E-state index contributed by atoms with van der Waals surface area (Å²) in [6, 6.07) is 0.